The minimum atomic E-state index is -0.0424. The molecule has 1 fully saturated rings. The first-order chi connectivity index (χ1) is 13.4. The van der Waals surface area contributed by atoms with Crippen LogP contribution < -0.4 is 0 Å². The lowest BCUT2D eigenvalue weighted by molar-refractivity contribution is -0.0395. The lowest BCUT2D eigenvalue weighted by Gasteiger charge is -2.27. The molecular weight excluding hydrogens is 354 g/mol. The summed E-state index contributed by atoms with van der Waals surface area (Å²) in [7, 11) is 0. The van der Waals surface area contributed by atoms with Crippen LogP contribution in [-0.2, 0) is 17.8 Å². The summed E-state index contributed by atoms with van der Waals surface area (Å²) in [5.74, 6) is 1.59. The molecule has 2 heterocycles. The van der Waals surface area contributed by atoms with Crippen LogP contribution in [0.25, 0.3) is 11.4 Å². The van der Waals surface area contributed by atoms with Gasteiger partial charge in [-0.05, 0) is 24.7 Å². The van der Waals surface area contributed by atoms with Crippen molar-refractivity contribution in [2.45, 2.75) is 91.5 Å². The number of ether oxygens (including phenoxy) is 1. The molecule has 0 aromatic carbocycles. The van der Waals surface area contributed by atoms with Gasteiger partial charge in [0.1, 0.15) is 6.10 Å². The molecule has 1 unspecified atom stereocenters. The maximum Gasteiger partial charge on any atom is 0.184 e. The summed E-state index contributed by atoms with van der Waals surface area (Å²) < 4.78 is 10.2. The van der Waals surface area contributed by atoms with Crippen molar-refractivity contribution in [3.63, 3.8) is 0 Å². The second kappa shape index (κ2) is 9.18. The van der Waals surface area contributed by atoms with E-state index in [0.29, 0.717) is 18.5 Å². The Kier molecular flexibility index (Phi) is 6.88. The number of nitrogens with zero attached hydrogens (tertiary/aromatic N) is 5. The SMILES string of the molecule is CCC(OC1CCCCC1)c1nc(-c2cnn(CCO)c2)nn1CC(C)(C)C. The monoisotopic (exact) mass is 389 g/mol. The summed E-state index contributed by atoms with van der Waals surface area (Å²) in [5, 5.41) is 18.2. The minimum absolute atomic E-state index is 0.0424. The molecule has 1 aliphatic rings. The van der Waals surface area contributed by atoms with Crippen molar-refractivity contribution in [1.29, 1.82) is 0 Å². The second-order valence-electron chi connectivity index (χ2n) is 9.02. The average molecular weight is 390 g/mol. The van der Waals surface area contributed by atoms with Crippen molar-refractivity contribution in [2.75, 3.05) is 6.61 Å². The third-order valence-corrected chi connectivity index (χ3v) is 5.11. The van der Waals surface area contributed by atoms with E-state index in [9.17, 15) is 0 Å². The van der Waals surface area contributed by atoms with Gasteiger partial charge >= 0.3 is 0 Å². The fraction of sp³-hybridized carbons (Fsp3) is 0.762. The van der Waals surface area contributed by atoms with Crippen molar-refractivity contribution in [3.8, 4) is 11.4 Å². The molecule has 0 radical (unpaired) electrons. The van der Waals surface area contributed by atoms with Crippen molar-refractivity contribution < 1.29 is 9.84 Å². The van der Waals surface area contributed by atoms with E-state index >= 15 is 0 Å². The van der Waals surface area contributed by atoms with Gasteiger partial charge in [0.2, 0.25) is 0 Å². The summed E-state index contributed by atoms with van der Waals surface area (Å²) in [4.78, 5) is 4.89. The molecule has 1 atom stereocenters. The van der Waals surface area contributed by atoms with Crippen LogP contribution in [0.5, 0.6) is 0 Å². The third-order valence-electron chi connectivity index (χ3n) is 5.11. The lowest BCUT2D eigenvalue weighted by atomic mass is 9.97. The van der Waals surface area contributed by atoms with Gasteiger partial charge in [-0.15, -0.1) is 0 Å². The Morgan fingerprint density at radius 3 is 2.64 bits per heavy atom. The largest absolute Gasteiger partial charge is 0.394 e. The van der Waals surface area contributed by atoms with Gasteiger partial charge in [-0.2, -0.15) is 10.2 Å². The Balaban J connectivity index is 1.88. The van der Waals surface area contributed by atoms with Gasteiger partial charge in [-0.1, -0.05) is 47.0 Å². The van der Waals surface area contributed by atoms with Gasteiger partial charge in [-0.25, -0.2) is 9.67 Å². The summed E-state index contributed by atoms with van der Waals surface area (Å²) in [5.41, 5.74) is 0.957. The van der Waals surface area contributed by atoms with Crippen molar-refractivity contribution in [1.82, 2.24) is 24.5 Å². The molecule has 156 valence electrons. The summed E-state index contributed by atoms with van der Waals surface area (Å²) in [6.45, 7) is 10.1. The molecule has 1 N–H and O–H groups in total. The van der Waals surface area contributed by atoms with Gasteiger partial charge in [-0.3, -0.25) is 4.68 Å². The first-order valence-corrected chi connectivity index (χ1v) is 10.6. The number of rotatable bonds is 8. The second-order valence-corrected chi connectivity index (χ2v) is 9.02. The van der Waals surface area contributed by atoms with Crippen molar-refractivity contribution in [2.24, 2.45) is 5.41 Å². The van der Waals surface area contributed by atoms with E-state index in [1.807, 2.05) is 10.9 Å². The van der Waals surface area contributed by atoms with Crippen LogP contribution in [0.4, 0.5) is 0 Å². The lowest BCUT2D eigenvalue weighted by Crippen LogP contribution is -2.24. The maximum absolute atomic E-state index is 9.12. The van der Waals surface area contributed by atoms with E-state index in [1.165, 1.54) is 19.3 Å². The fourth-order valence-electron chi connectivity index (χ4n) is 3.76. The molecule has 0 amide bonds. The molecule has 0 aliphatic heterocycles. The molecule has 7 heteroatoms. The van der Waals surface area contributed by atoms with Crippen LogP contribution >= 0.6 is 0 Å². The molecule has 7 nitrogen and oxygen atoms in total. The van der Waals surface area contributed by atoms with Gasteiger partial charge in [0, 0.05) is 12.7 Å². The average Bonchev–Trinajstić information content (AvgIpc) is 3.27. The Morgan fingerprint density at radius 2 is 2.00 bits per heavy atom. The van der Waals surface area contributed by atoms with Crippen molar-refractivity contribution >= 4 is 0 Å². The molecule has 28 heavy (non-hydrogen) atoms. The molecule has 3 rings (SSSR count). The first kappa shape index (κ1) is 21.0. The highest BCUT2D eigenvalue weighted by atomic mass is 16.5. The van der Waals surface area contributed by atoms with E-state index in [-0.39, 0.29) is 18.1 Å². The van der Waals surface area contributed by atoms with Crippen LogP contribution in [0.3, 0.4) is 0 Å². The first-order valence-electron chi connectivity index (χ1n) is 10.6. The van der Waals surface area contributed by atoms with Crippen LogP contribution in [0, 0.1) is 5.41 Å². The predicted octanol–water partition coefficient (Wildman–Crippen LogP) is 3.98. The molecule has 1 saturated carbocycles. The number of aromatic nitrogens is 5. The quantitative estimate of drug-likeness (QED) is 0.739. The highest BCUT2D eigenvalue weighted by Gasteiger charge is 2.27. The number of hydrogen-bond donors (Lipinski definition) is 1. The van der Waals surface area contributed by atoms with E-state index in [2.05, 4.69) is 32.8 Å². The zero-order chi connectivity index (χ0) is 20.1. The minimum Gasteiger partial charge on any atom is -0.394 e. The Bertz CT molecular complexity index is 740. The van der Waals surface area contributed by atoms with Crippen LogP contribution in [0.2, 0.25) is 0 Å². The van der Waals surface area contributed by atoms with Gasteiger partial charge in [0.15, 0.2) is 11.6 Å². The highest BCUT2D eigenvalue weighted by Crippen LogP contribution is 2.30. The normalized spacial score (nSPS) is 17.2. The fourth-order valence-corrected chi connectivity index (χ4v) is 3.76. The smallest absolute Gasteiger partial charge is 0.184 e. The zero-order valence-corrected chi connectivity index (χ0v) is 17.8. The molecule has 0 saturated heterocycles. The number of hydrogen-bond acceptors (Lipinski definition) is 5. The molecule has 0 bridgehead atoms. The number of aliphatic hydroxyl groups excluding tert-OH is 1. The van der Waals surface area contributed by atoms with E-state index < -0.39 is 0 Å². The molecule has 1 aliphatic carbocycles. The van der Waals surface area contributed by atoms with Gasteiger partial charge in [0.25, 0.3) is 0 Å². The topological polar surface area (TPSA) is 78.0 Å². The predicted molar refractivity (Wildman–Crippen MR) is 109 cm³/mol. The van der Waals surface area contributed by atoms with Crippen molar-refractivity contribution in [3.05, 3.63) is 18.2 Å². The zero-order valence-electron chi connectivity index (χ0n) is 17.8. The third kappa shape index (κ3) is 5.41. The van der Waals surface area contributed by atoms with Gasteiger partial charge < -0.3 is 9.84 Å². The number of aliphatic hydroxyl groups is 1. The highest BCUT2D eigenvalue weighted by molar-refractivity contribution is 5.51. The van der Waals surface area contributed by atoms with E-state index in [1.54, 1.807) is 10.9 Å². The Morgan fingerprint density at radius 1 is 1.25 bits per heavy atom. The van der Waals surface area contributed by atoms with E-state index in [0.717, 1.165) is 37.2 Å². The maximum atomic E-state index is 9.12. The van der Waals surface area contributed by atoms with Crippen LogP contribution in [-0.4, -0.2) is 42.4 Å². The summed E-state index contributed by atoms with van der Waals surface area (Å²) >= 11 is 0. The Labute approximate surface area is 168 Å². The molecule has 0 spiro atoms. The molecular formula is C21H35N5O2. The van der Waals surface area contributed by atoms with E-state index in [4.69, 9.17) is 19.9 Å². The Hall–Kier alpha value is -1.73. The molecule has 2 aromatic heterocycles. The van der Waals surface area contributed by atoms with Crippen LogP contribution in [0.15, 0.2) is 12.4 Å². The molecule has 2 aromatic rings. The van der Waals surface area contributed by atoms with Gasteiger partial charge in [0.05, 0.1) is 31.0 Å². The standard InChI is InChI=1S/C21H35N5O2/c1-5-18(28-17-9-7-6-8-10-17)20-23-19(24-26(20)15-21(2,3)4)16-13-22-25(14-16)11-12-27/h13-14,17-18,27H,5-12,15H2,1-4H3. The summed E-state index contributed by atoms with van der Waals surface area (Å²) in [6.07, 6.45) is 10.9. The summed E-state index contributed by atoms with van der Waals surface area (Å²) in [6, 6.07) is 0. The van der Waals surface area contributed by atoms with Crippen LogP contribution in [0.1, 0.15) is 78.1 Å².